The Kier molecular flexibility index (Phi) is 3.14. The van der Waals surface area contributed by atoms with Crippen molar-refractivity contribution < 1.29 is 0 Å². The number of hydrogen-bond acceptors (Lipinski definition) is 4. The molecule has 1 aromatic heterocycles. The van der Waals surface area contributed by atoms with Crippen LogP contribution >= 0.6 is 11.8 Å². The number of aromatic nitrogens is 2. The lowest BCUT2D eigenvalue weighted by Gasteiger charge is -2.09. The van der Waals surface area contributed by atoms with Crippen LogP contribution in [0.4, 0.5) is 5.95 Å². The molecule has 1 aliphatic rings. The molecule has 1 aliphatic heterocycles. The first-order valence-electron chi connectivity index (χ1n) is 5.95. The smallest absolute Gasteiger partial charge is 0.223 e. The van der Waals surface area contributed by atoms with Crippen molar-refractivity contribution in [2.75, 3.05) is 23.4 Å². The fourth-order valence-corrected chi connectivity index (χ4v) is 3.32. The molecule has 3 nitrogen and oxygen atoms in total. The Balaban J connectivity index is 1.72. The van der Waals surface area contributed by atoms with Crippen LogP contribution in [-0.4, -0.2) is 28.0 Å². The van der Waals surface area contributed by atoms with E-state index in [9.17, 15) is 0 Å². The Morgan fingerprint density at radius 1 is 1.35 bits per heavy atom. The number of thioether (sulfide) groups is 1. The Labute approximate surface area is 105 Å². The van der Waals surface area contributed by atoms with E-state index in [1.807, 2.05) is 42.2 Å². The monoisotopic (exact) mass is 245 g/mol. The van der Waals surface area contributed by atoms with Gasteiger partial charge in [-0.25, -0.2) is 9.97 Å². The fourth-order valence-electron chi connectivity index (χ4n) is 2.04. The van der Waals surface area contributed by atoms with Gasteiger partial charge in [-0.15, -0.1) is 0 Å². The first kappa shape index (κ1) is 10.8. The van der Waals surface area contributed by atoms with Crippen LogP contribution in [0.1, 0.15) is 6.42 Å². The molecule has 1 aromatic carbocycles. The van der Waals surface area contributed by atoms with E-state index in [-0.39, 0.29) is 0 Å². The van der Waals surface area contributed by atoms with Crippen molar-refractivity contribution in [3.05, 3.63) is 30.5 Å². The lowest BCUT2D eigenvalue weighted by Crippen LogP contribution is -2.15. The molecular weight excluding hydrogens is 230 g/mol. The van der Waals surface area contributed by atoms with Crippen molar-refractivity contribution in [1.29, 1.82) is 0 Å². The summed E-state index contributed by atoms with van der Waals surface area (Å²) < 4.78 is 0. The minimum atomic E-state index is 0.751. The third-order valence-corrected chi connectivity index (χ3v) is 4.29. The van der Waals surface area contributed by atoms with Crippen LogP contribution in [0.2, 0.25) is 0 Å². The summed E-state index contributed by atoms with van der Waals surface area (Å²) in [7, 11) is 0. The number of nitrogens with zero attached hydrogens (tertiary/aromatic N) is 2. The highest BCUT2D eigenvalue weighted by Gasteiger charge is 2.15. The van der Waals surface area contributed by atoms with E-state index in [0.29, 0.717) is 0 Å². The van der Waals surface area contributed by atoms with Crippen molar-refractivity contribution in [2.45, 2.75) is 6.42 Å². The normalized spacial score (nSPS) is 19.6. The van der Waals surface area contributed by atoms with Crippen LogP contribution in [0.15, 0.2) is 30.5 Å². The minimum Gasteiger partial charge on any atom is -0.354 e. The minimum absolute atomic E-state index is 0.751. The van der Waals surface area contributed by atoms with E-state index >= 15 is 0 Å². The topological polar surface area (TPSA) is 37.8 Å². The van der Waals surface area contributed by atoms with Crippen molar-refractivity contribution in [2.24, 2.45) is 5.92 Å². The van der Waals surface area contributed by atoms with Gasteiger partial charge in [0.2, 0.25) is 5.95 Å². The quantitative estimate of drug-likeness (QED) is 0.902. The molecule has 0 aliphatic carbocycles. The SMILES string of the molecule is c1ccc2nc(NCC3CCSC3)ncc2c1. The zero-order valence-corrected chi connectivity index (χ0v) is 10.4. The van der Waals surface area contributed by atoms with Gasteiger partial charge in [-0.1, -0.05) is 18.2 Å². The van der Waals surface area contributed by atoms with Crippen molar-refractivity contribution in [3.63, 3.8) is 0 Å². The molecule has 4 heteroatoms. The summed E-state index contributed by atoms with van der Waals surface area (Å²) in [5.74, 6) is 4.08. The first-order chi connectivity index (χ1) is 8.42. The Bertz CT molecular complexity index is 509. The van der Waals surface area contributed by atoms with Gasteiger partial charge in [-0.3, -0.25) is 0 Å². The maximum Gasteiger partial charge on any atom is 0.223 e. The van der Waals surface area contributed by atoms with Gasteiger partial charge in [0.15, 0.2) is 0 Å². The molecule has 0 amide bonds. The number of rotatable bonds is 3. The first-order valence-corrected chi connectivity index (χ1v) is 7.11. The molecule has 17 heavy (non-hydrogen) atoms. The average Bonchev–Trinajstić information content (AvgIpc) is 2.89. The number of benzene rings is 1. The second kappa shape index (κ2) is 4.92. The average molecular weight is 245 g/mol. The standard InChI is InChI=1S/C13H15N3S/c1-2-4-12-11(3-1)8-15-13(16-12)14-7-10-5-6-17-9-10/h1-4,8,10H,5-7,9H2,(H,14,15,16). The molecule has 1 fully saturated rings. The van der Waals surface area contributed by atoms with Gasteiger partial charge >= 0.3 is 0 Å². The largest absolute Gasteiger partial charge is 0.354 e. The van der Waals surface area contributed by atoms with Crippen LogP contribution in [0, 0.1) is 5.92 Å². The maximum absolute atomic E-state index is 4.51. The van der Waals surface area contributed by atoms with Gasteiger partial charge in [0, 0.05) is 18.1 Å². The molecule has 1 atom stereocenters. The highest BCUT2D eigenvalue weighted by Crippen LogP contribution is 2.23. The number of nitrogens with one attached hydrogen (secondary N) is 1. The molecule has 0 spiro atoms. The van der Waals surface area contributed by atoms with E-state index in [4.69, 9.17) is 0 Å². The summed E-state index contributed by atoms with van der Waals surface area (Å²) in [6.07, 6.45) is 3.19. The molecule has 1 unspecified atom stereocenters. The second-order valence-electron chi connectivity index (χ2n) is 4.36. The van der Waals surface area contributed by atoms with Crippen LogP contribution in [0.25, 0.3) is 10.9 Å². The molecule has 0 saturated carbocycles. The predicted octanol–water partition coefficient (Wildman–Crippen LogP) is 2.79. The summed E-state index contributed by atoms with van der Waals surface area (Å²) in [6.45, 7) is 0.991. The highest BCUT2D eigenvalue weighted by atomic mass is 32.2. The predicted molar refractivity (Wildman–Crippen MR) is 73.5 cm³/mol. The lowest BCUT2D eigenvalue weighted by atomic mass is 10.1. The van der Waals surface area contributed by atoms with Crippen molar-refractivity contribution >= 4 is 28.6 Å². The molecule has 88 valence electrons. The van der Waals surface area contributed by atoms with E-state index in [0.717, 1.165) is 29.3 Å². The van der Waals surface area contributed by atoms with Gasteiger partial charge in [-0.05, 0) is 29.9 Å². The van der Waals surface area contributed by atoms with Gasteiger partial charge in [0.1, 0.15) is 0 Å². The number of para-hydroxylation sites is 1. The zero-order valence-electron chi connectivity index (χ0n) is 9.60. The number of fused-ring (bicyclic) bond motifs is 1. The second-order valence-corrected chi connectivity index (χ2v) is 5.51. The molecule has 0 bridgehead atoms. The Morgan fingerprint density at radius 3 is 3.18 bits per heavy atom. The molecule has 1 saturated heterocycles. The third kappa shape index (κ3) is 2.52. The Hall–Kier alpha value is -1.29. The summed E-state index contributed by atoms with van der Waals surface area (Å²) in [5, 5.41) is 4.44. The molecule has 2 heterocycles. The van der Waals surface area contributed by atoms with E-state index in [1.54, 1.807) is 0 Å². The molecule has 3 rings (SSSR count). The van der Waals surface area contributed by atoms with Crippen LogP contribution < -0.4 is 5.32 Å². The van der Waals surface area contributed by atoms with Crippen LogP contribution in [0.5, 0.6) is 0 Å². The van der Waals surface area contributed by atoms with E-state index in [1.165, 1.54) is 17.9 Å². The number of hydrogen-bond donors (Lipinski definition) is 1. The highest BCUT2D eigenvalue weighted by molar-refractivity contribution is 7.99. The van der Waals surface area contributed by atoms with Gasteiger partial charge in [0.05, 0.1) is 5.52 Å². The van der Waals surface area contributed by atoms with Crippen LogP contribution in [0.3, 0.4) is 0 Å². The summed E-state index contributed by atoms with van der Waals surface area (Å²) in [6, 6.07) is 8.07. The van der Waals surface area contributed by atoms with Crippen molar-refractivity contribution in [3.8, 4) is 0 Å². The van der Waals surface area contributed by atoms with Crippen molar-refractivity contribution in [1.82, 2.24) is 9.97 Å². The third-order valence-electron chi connectivity index (χ3n) is 3.06. The Morgan fingerprint density at radius 2 is 2.29 bits per heavy atom. The maximum atomic E-state index is 4.51. The molecule has 2 aromatic rings. The molecule has 1 N–H and O–H groups in total. The van der Waals surface area contributed by atoms with E-state index < -0.39 is 0 Å². The molecular formula is C13H15N3S. The summed E-state index contributed by atoms with van der Waals surface area (Å²) >= 11 is 2.04. The van der Waals surface area contributed by atoms with Gasteiger partial charge < -0.3 is 5.32 Å². The fraction of sp³-hybridized carbons (Fsp3) is 0.385. The summed E-state index contributed by atoms with van der Waals surface area (Å²) in [5.41, 5.74) is 1.01. The zero-order chi connectivity index (χ0) is 11.5. The van der Waals surface area contributed by atoms with Gasteiger partial charge in [-0.2, -0.15) is 11.8 Å². The molecule has 0 radical (unpaired) electrons. The summed E-state index contributed by atoms with van der Waals surface area (Å²) in [4.78, 5) is 8.85. The lowest BCUT2D eigenvalue weighted by molar-refractivity contribution is 0.629. The van der Waals surface area contributed by atoms with Gasteiger partial charge in [0.25, 0.3) is 0 Å². The van der Waals surface area contributed by atoms with Crippen LogP contribution in [-0.2, 0) is 0 Å². The number of anilines is 1. The van der Waals surface area contributed by atoms with E-state index in [2.05, 4.69) is 15.3 Å².